The van der Waals surface area contributed by atoms with Gasteiger partial charge in [-0.05, 0) is 31.5 Å². The van der Waals surface area contributed by atoms with Crippen molar-refractivity contribution in [1.82, 2.24) is 10.3 Å². The Morgan fingerprint density at radius 1 is 1.19 bits per heavy atom. The molecular weight excluding hydrogens is 260 g/mol. The number of aromatic nitrogens is 1. The fourth-order valence-electron chi connectivity index (χ4n) is 1.99. The Bertz CT molecular complexity index is 576. The van der Waals surface area contributed by atoms with Crippen LogP contribution in [0.25, 0.3) is 6.08 Å². The van der Waals surface area contributed by atoms with E-state index in [2.05, 4.69) is 17.2 Å². The number of allylic oxidation sites excluding steroid dienone is 1. The first-order chi connectivity index (χ1) is 10.3. The number of hydrogen-bond acceptors (Lipinski definition) is 3. The Balaban J connectivity index is 2.03. The van der Waals surface area contributed by atoms with Crippen molar-refractivity contribution in [1.29, 1.82) is 0 Å². The maximum Gasteiger partial charge on any atom is 0.219 e. The molecule has 1 N–H and O–H groups in total. The minimum Gasteiger partial charge on any atom is -0.438 e. The molecule has 0 saturated heterocycles. The molecule has 0 spiro atoms. The molecule has 1 aromatic heterocycles. The van der Waals surface area contributed by atoms with E-state index in [4.69, 9.17) is 4.74 Å². The predicted octanol–water partition coefficient (Wildman–Crippen LogP) is 4.41. The third-order valence-electron chi connectivity index (χ3n) is 3.03. The molecule has 0 aliphatic rings. The average Bonchev–Trinajstić information content (AvgIpc) is 2.51. The molecule has 2 rings (SSSR count). The normalized spacial score (nSPS) is 11.0. The fraction of sp³-hybridized carbons (Fsp3) is 0.278. The van der Waals surface area contributed by atoms with Gasteiger partial charge in [-0.15, -0.1) is 0 Å². The number of para-hydroxylation sites is 1. The van der Waals surface area contributed by atoms with Gasteiger partial charge in [0.25, 0.3) is 0 Å². The summed E-state index contributed by atoms with van der Waals surface area (Å²) in [5, 5.41) is 3.36. The number of pyridine rings is 1. The van der Waals surface area contributed by atoms with Gasteiger partial charge in [0, 0.05) is 24.4 Å². The van der Waals surface area contributed by atoms with E-state index >= 15 is 0 Å². The number of nitrogens with one attached hydrogen (secondary N) is 1. The van der Waals surface area contributed by atoms with Crippen molar-refractivity contribution >= 4 is 6.08 Å². The van der Waals surface area contributed by atoms with E-state index in [9.17, 15) is 0 Å². The Hall–Kier alpha value is -2.13. The molecule has 1 aromatic carbocycles. The summed E-state index contributed by atoms with van der Waals surface area (Å²) in [4.78, 5) is 4.37. The van der Waals surface area contributed by atoms with Gasteiger partial charge >= 0.3 is 0 Å². The average molecular weight is 282 g/mol. The minimum atomic E-state index is 0.617. The molecule has 0 bridgehead atoms. The second kappa shape index (κ2) is 8.22. The summed E-state index contributed by atoms with van der Waals surface area (Å²) >= 11 is 0. The van der Waals surface area contributed by atoms with Crippen LogP contribution in [-0.2, 0) is 6.54 Å². The molecule has 1 heterocycles. The molecule has 3 nitrogen and oxygen atoms in total. The zero-order valence-electron chi connectivity index (χ0n) is 12.7. The molecular formula is C18H22N2O. The van der Waals surface area contributed by atoms with E-state index in [1.54, 1.807) is 0 Å². The lowest BCUT2D eigenvalue weighted by atomic mass is 10.2. The topological polar surface area (TPSA) is 34.1 Å². The summed E-state index contributed by atoms with van der Waals surface area (Å²) < 4.78 is 5.86. The lowest BCUT2D eigenvalue weighted by molar-refractivity contribution is 0.461. The van der Waals surface area contributed by atoms with Gasteiger partial charge in [0.05, 0.1) is 0 Å². The van der Waals surface area contributed by atoms with Crippen LogP contribution in [-0.4, -0.2) is 11.5 Å². The number of rotatable bonds is 7. The van der Waals surface area contributed by atoms with Gasteiger partial charge in [0.15, 0.2) is 0 Å². The summed E-state index contributed by atoms with van der Waals surface area (Å²) in [5.74, 6) is 1.44. The summed E-state index contributed by atoms with van der Waals surface area (Å²) in [6.07, 6.45) is 7.02. The molecule has 0 fully saturated rings. The lowest BCUT2D eigenvalue weighted by Gasteiger charge is -2.08. The zero-order chi connectivity index (χ0) is 14.9. The van der Waals surface area contributed by atoms with Gasteiger partial charge in [-0.2, -0.15) is 0 Å². The molecule has 0 atom stereocenters. The number of hydrogen-bond donors (Lipinski definition) is 1. The lowest BCUT2D eigenvalue weighted by Crippen LogP contribution is -2.13. The molecule has 0 amide bonds. The van der Waals surface area contributed by atoms with Crippen LogP contribution in [0.2, 0.25) is 0 Å². The van der Waals surface area contributed by atoms with Crippen molar-refractivity contribution in [2.75, 3.05) is 6.54 Å². The molecule has 0 aliphatic heterocycles. The van der Waals surface area contributed by atoms with Crippen LogP contribution >= 0.6 is 0 Å². The van der Waals surface area contributed by atoms with Crippen molar-refractivity contribution in [2.24, 2.45) is 0 Å². The van der Waals surface area contributed by atoms with Gasteiger partial charge in [0.1, 0.15) is 5.75 Å². The molecule has 0 saturated carbocycles. The van der Waals surface area contributed by atoms with Crippen molar-refractivity contribution in [3.8, 4) is 11.6 Å². The van der Waals surface area contributed by atoms with Crippen LogP contribution in [0.3, 0.4) is 0 Å². The van der Waals surface area contributed by atoms with Gasteiger partial charge < -0.3 is 10.1 Å². The highest BCUT2D eigenvalue weighted by Crippen LogP contribution is 2.24. The van der Waals surface area contributed by atoms with E-state index in [1.807, 2.05) is 61.7 Å². The van der Waals surface area contributed by atoms with Crippen LogP contribution in [0.4, 0.5) is 0 Å². The van der Waals surface area contributed by atoms with Crippen molar-refractivity contribution in [3.63, 3.8) is 0 Å². The maximum absolute atomic E-state index is 5.86. The van der Waals surface area contributed by atoms with Gasteiger partial charge in [-0.25, -0.2) is 4.98 Å². The zero-order valence-corrected chi connectivity index (χ0v) is 12.7. The molecule has 0 unspecified atom stereocenters. The summed E-state index contributed by atoms with van der Waals surface area (Å²) in [7, 11) is 0. The predicted molar refractivity (Wildman–Crippen MR) is 87.5 cm³/mol. The van der Waals surface area contributed by atoms with E-state index in [1.165, 1.54) is 0 Å². The van der Waals surface area contributed by atoms with Crippen molar-refractivity contribution in [3.05, 3.63) is 59.8 Å². The van der Waals surface area contributed by atoms with E-state index in [0.29, 0.717) is 5.88 Å². The quantitative estimate of drug-likeness (QED) is 0.764. The second-order valence-corrected chi connectivity index (χ2v) is 4.82. The van der Waals surface area contributed by atoms with Gasteiger partial charge in [-0.1, -0.05) is 43.3 Å². The Kier molecular flexibility index (Phi) is 5.98. The van der Waals surface area contributed by atoms with E-state index in [0.717, 1.165) is 36.4 Å². The van der Waals surface area contributed by atoms with E-state index in [-0.39, 0.29) is 0 Å². The molecule has 110 valence electrons. The summed E-state index contributed by atoms with van der Waals surface area (Å²) in [6.45, 7) is 6.02. The van der Waals surface area contributed by atoms with Crippen LogP contribution in [0, 0.1) is 0 Å². The van der Waals surface area contributed by atoms with Gasteiger partial charge in [-0.3, -0.25) is 0 Å². The maximum atomic E-state index is 5.86. The molecule has 3 heteroatoms. The first-order valence-corrected chi connectivity index (χ1v) is 7.38. The highest BCUT2D eigenvalue weighted by Gasteiger charge is 2.03. The van der Waals surface area contributed by atoms with Crippen molar-refractivity contribution < 1.29 is 4.74 Å². The van der Waals surface area contributed by atoms with Crippen LogP contribution in [0.1, 0.15) is 31.4 Å². The Labute approximate surface area is 126 Å². The molecule has 2 aromatic rings. The summed E-state index contributed by atoms with van der Waals surface area (Å²) in [6, 6.07) is 11.9. The monoisotopic (exact) mass is 282 g/mol. The Morgan fingerprint density at radius 2 is 2.05 bits per heavy atom. The SMILES string of the molecule is CC=Cc1ccccc1Oc1ccc(CNCCC)cn1. The van der Waals surface area contributed by atoms with Crippen LogP contribution in [0.15, 0.2) is 48.7 Å². The third-order valence-corrected chi connectivity index (χ3v) is 3.03. The first-order valence-electron chi connectivity index (χ1n) is 7.38. The summed E-state index contributed by atoms with van der Waals surface area (Å²) in [5.41, 5.74) is 2.22. The number of nitrogens with zero attached hydrogens (tertiary/aromatic N) is 1. The van der Waals surface area contributed by atoms with Crippen LogP contribution in [0.5, 0.6) is 11.6 Å². The molecule has 0 aliphatic carbocycles. The second-order valence-electron chi connectivity index (χ2n) is 4.82. The Morgan fingerprint density at radius 3 is 2.76 bits per heavy atom. The highest BCUT2D eigenvalue weighted by atomic mass is 16.5. The van der Waals surface area contributed by atoms with Gasteiger partial charge in [0.2, 0.25) is 5.88 Å². The third kappa shape index (κ3) is 4.72. The minimum absolute atomic E-state index is 0.617. The standard InChI is InChI=1S/C18H22N2O/c1-3-7-16-8-5-6-9-17(16)21-18-11-10-15(14-20-18)13-19-12-4-2/h3,5-11,14,19H,4,12-13H2,1-2H3. The van der Waals surface area contributed by atoms with Crippen molar-refractivity contribution in [2.45, 2.75) is 26.8 Å². The first kappa shape index (κ1) is 15.3. The smallest absolute Gasteiger partial charge is 0.219 e. The van der Waals surface area contributed by atoms with Crippen LogP contribution < -0.4 is 10.1 Å². The number of ether oxygens (including phenoxy) is 1. The van der Waals surface area contributed by atoms with E-state index < -0.39 is 0 Å². The molecule has 21 heavy (non-hydrogen) atoms. The number of benzene rings is 1. The largest absolute Gasteiger partial charge is 0.438 e. The molecule has 0 radical (unpaired) electrons. The fourth-order valence-corrected chi connectivity index (χ4v) is 1.99. The highest BCUT2D eigenvalue weighted by molar-refractivity contribution is 5.57.